The number of allylic oxidation sites excluding steroid dienone is 10. The van der Waals surface area contributed by atoms with Crippen LogP contribution in [0.2, 0.25) is 0 Å². The minimum atomic E-state index is -4.38. The quantitative estimate of drug-likeness (QED) is 0.0290. The van der Waals surface area contributed by atoms with Gasteiger partial charge in [0.15, 0.2) is 6.10 Å². The minimum absolute atomic E-state index is 0.0455. The van der Waals surface area contributed by atoms with Gasteiger partial charge in [-0.1, -0.05) is 132 Å². The molecule has 2 atom stereocenters. The van der Waals surface area contributed by atoms with Crippen molar-refractivity contribution in [2.45, 2.75) is 148 Å². The zero-order valence-electron chi connectivity index (χ0n) is 30.7. The number of phosphoric ester groups is 1. The summed E-state index contributed by atoms with van der Waals surface area (Å²) in [6.07, 6.45) is 39.7. The van der Waals surface area contributed by atoms with E-state index in [1.54, 1.807) is 0 Å². The van der Waals surface area contributed by atoms with E-state index in [1.807, 2.05) is 0 Å². The number of carbonyl (C=O) groups excluding carboxylic acids is 2. The van der Waals surface area contributed by atoms with Gasteiger partial charge in [-0.25, -0.2) is 4.57 Å². The SMILES string of the molecule is CC/C=C\C/C=C\C/C=C\C/C=C\C/C=C\CCCCCC(=O)OC(COC(=O)CCCCCCCCCCC)COP(=O)(O)OCCN. The Bertz CT molecular complexity index is 992. The predicted molar refractivity (Wildman–Crippen MR) is 201 cm³/mol. The van der Waals surface area contributed by atoms with E-state index in [-0.39, 0.29) is 32.6 Å². The molecule has 9 nitrogen and oxygen atoms in total. The highest BCUT2D eigenvalue weighted by molar-refractivity contribution is 7.47. The van der Waals surface area contributed by atoms with Crippen LogP contribution in [-0.4, -0.2) is 49.3 Å². The van der Waals surface area contributed by atoms with Gasteiger partial charge in [-0.3, -0.25) is 18.6 Å². The van der Waals surface area contributed by atoms with Crippen LogP contribution >= 0.6 is 7.82 Å². The molecule has 0 saturated carbocycles. The predicted octanol–water partition coefficient (Wildman–Crippen LogP) is 10.2. The third kappa shape index (κ3) is 35.3. The number of carbonyl (C=O) groups is 2. The zero-order valence-corrected chi connectivity index (χ0v) is 31.5. The van der Waals surface area contributed by atoms with Crippen molar-refractivity contribution in [3.8, 4) is 0 Å². The van der Waals surface area contributed by atoms with Crippen LogP contribution in [0.5, 0.6) is 0 Å². The summed E-state index contributed by atoms with van der Waals surface area (Å²) in [5.41, 5.74) is 5.32. The van der Waals surface area contributed by atoms with Gasteiger partial charge in [0, 0.05) is 19.4 Å². The van der Waals surface area contributed by atoms with Crippen LogP contribution < -0.4 is 5.73 Å². The van der Waals surface area contributed by atoms with Crippen molar-refractivity contribution in [2.24, 2.45) is 5.73 Å². The van der Waals surface area contributed by atoms with Crippen molar-refractivity contribution < 1.29 is 37.6 Å². The first kappa shape index (κ1) is 46.7. The average Bonchev–Trinajstić information content (AvgIpc) is 3.08. The highest BCUT2D eigenvalue weighted by Gasteiger charge is 2.25. The standard InChI is InChI=1S/C39H68NO8P/c1-3-5-7-9-11-13-14-15-16-17-18-19-20-21-22-24-26-28-30-32-39(42)48-37(36-47-49(43,44)46-34-33-40)35-45-38(41)31-29-27-25-23-12-10-8-6-4-2/h5,7,11,13,15-16,18-19,21-22,37H,3-4,6,8-10,12,14,17,20,23-36,40H2,1-2H3,(H,43,44)/b7-5-,13-11-,16-15-,19-18-,22-21-. The summed E-state index contributed by atoms with van der Waals surface area (Å²) >= 11 is 0. The maximum Gasteiger partial charge on any atom is 0.472 e. The molecule has 3 N–H and O–H groups in total. The first-order valence-corrected chi connectivity index (χ1v) is 20.3. The Morgan fingerprint density at radius 1 is 0.633 bits per heavy atom. The third-order valence-electron chi connectivity index (χ3n) is 7.42. The summed E-state index contributed by atoms with van der Waals surface area (Å²) in [5, 5.41) is 0. The maximum atomic E-state index is 12.5. The molecule has 0 aromatic heterocycles. The zero-order chi connectivity index (χ0) is 36.1. The van der Waals surface area contributed by atoms with E-state index < -0.39 is 32.5 Å². The number of hydrogen-bond acceptors (Lipinski definition) is 8. The normalized spacial score (nSPS) is 14.1. The van der Waals surface area contributed by atoms with Crippen molar-refractivity contribution >= 4 is 19.8 Å². The molecule has 0 aliphatic rings. The molecule has 0 rings (SSSR count). The largest absolute Gasteiger partial charge is 0.472 e. The fourth-order valence-electron chi connectivity index (χ4n) is 4.66. The van der Waals surface area contributed by atoms with Crippen molar-refractivity contribution in [3.63, 3.8) is 0 Å². The molecule has 49 heavy (non-hydrogen) atoms. The van der Waals surface area contributed by atoms with Gasteiger partial charge in [0.25, 0.3) is 0 Å². The molecular formula is C39H68NO8P. The molecule has 2 unspecified atom stereocenters. The smallest absolute Gasteiger partial charge is 0.462 e. The lowest BCUT2D eigenvalue weighted by Crippen LogP contribution is -2.29. The summed E-state index contributed by atoms with van der Waals surface area (Å²) in [4.78, 5) is 34.6. The second-order valence-corrected chi connectivity index (χ2v) is 13.5. The Kier molecular flexibility index (Phi) is 33.9. The summed E-state index contributed by atoms with van der Waals surface area (Å²) in [5.74, 6) is -0.875. The van der Waals surface area contributed by atoms with Crippen LogP contribution in [0, 0.1) is 0 Å². The fraction of sp³-hybridized carbons (Fsp3) is 0.692. The van der Waals surface area contributed by atoms with Crippen molar-refractivity contribution in [1.82, 2.24) is 0 Å². The molecule has 0 aromatic rings. The Morgan fingerprint density at radius 3 is 1.67 bits per heavy atom. The summed E-state index contributed by atoms with van der Waals surface area (Å²) in [7, 11) is -4.38. The van der Waals surface area contributed by atoms with E-state index in [1.165, 1.54) is 38.5 Å². The van der Waals surface area contributed by atoms with Crippen molar-refractivity contribution in [3.05, 3.63) is 60.8 Å². The highest BCUT2D eigenvalue weighted by atomic mass is 31.2. The molecule has 0 bridgehead atoms. The van der Waals surface area contributed by atoms with E-state index in [4.69, 9.17) is 24.3 Å². The molecule has 0 saturated heterocycles. The van der Waals surface area contributed by atoms with E-state index in [2.05, 4.69) is 74.6 Å². The first-order valence-electron chi connectivity index (χ1n) is 18.8. The lowest BCUT2D eigenvalue weighted by molar-refractivity contribution is -0.161. The number of rotatable bonds is 34. The number of unbranched alkanes of at least 4 members (excludes halogenated alkanes) is 11. The molecule has 0 fully saturated rings. The van der Waals surface area contributed by atoms with Crippen molar-refractivity contribution in [2.75, 3.05) is 26.4 Å². The topological polar surface area (TPSA) is 134 Å². The Balaban J connectivity index is 4.29. The number of hydrogen-bond donors (Lipinski definition) is 2. The van der Waals surface area contributed by atoms with Gasteiger partial charge in [-0.15, -0.1) is 0 Å². The molecule has 0 aromatic carbocycles. The van der Waals surface area contributed by atoms with Gasteiger partial charge < -0.3 is 20.1 Å². The average molecular weight is 710 g/mol. The lowest BCUT2D eigenvalue weighted by Gasteiger charge is -2.19. The van der Waals surface area contributed by atoms with E-state index in [0.29, 0.717) is 6.42 Å². The molecule has 10 heteroatoms. The third-order valence-corrected chi connectivity index (χ3v) is 8.40. The van der Waals surface area contributed by atoms with E-state index in [0.717, 1.165) is 70.6 Å². The molecule has 282 valence electrons. The molecule has 0 aliphatic heterocycles. The summed E-state index contributed by atoms with van der Waals surface area (Å²) < 4.78 is 32.5. The molecule has 0 spiro atoms. The highest BCUT2D eigenvalue weighted by Crippen LogP contribution is 2.43. The fourth-order valence-corrected chi connectivity index (χ4v) is 5.42. The lowest BCUT2D eigenvalue weighted by atomic mass is 10.1. The van der Waals surface area contributed by atoms with Gasteiger partial charge in [0.05, 0.1) is 13.2 Å². The minimum Gasteiger partial charge on any atom is -0.462 e. The van der Waals surface area contributed by atoms with Crippen LogP contribution in [0.3, 0.4) is 0 Å². The molecule has 0 radical (unpaired) electrons. The van der Waals surface area contributed by atoms with Crippen LogP contribution in [0.1, 0.15) is 142 Å². The van der Waals surface area contributed by atoms with Gasteiger partial charge in [0.1, 0.15) is 6.61 Å². The van der Waals surface area contributed by atoms with Crippen LogP contribution in [0.25, 0.3) is 0 Å². The van der Waals surface area contributed by atoms with Gasteiger partial charge in [0.2, 0.25) is 0 Å². The van der Waals surface area contributed by atoms with Crippen LogP contribution in [-0.2, 0) is 32.7 Å². The van der Waals surface area contributed by atoms with Gasteiger partial charge >= 0.3 is 19.8 Å². The second-order valence-electron chi connectivity index (χ2n) is 12.1. The molecule has 0 heterocycles. The Morgan fingerprint density at radius 2 is 1.12 bits per heavy atom. The van der Waals surface area contributed by atoms with Gasteiger partial charge in [-0.2, -0.15) is 0 Å². The first-order chi connectivity index (χ1) is 23.8. The van der Waals surface area contributed by atoms with Gasteiger partial charge in [-0.05, 0) is 57.8 Å². The van der Waals surface area contributed by atoms with Crippen LogP contribution in [0.4, 0.5) is 0 Å². The number of nitrogens with two attached hydrogens (primary N) is 1. The van der Waals surface area contributed by atoms with Crippen LogP contribution in [0.15, 0.2) is 60.8 Å². The number of ether oxygens (including phenoxy) is 2. The van der Waals surface area contributed by atoms with E-state index in [9.17, 15) is 19.0 Å². The Labute approximate surface area is 298 Å². The molecule has 0 amide bonds. The maximum absolute atomic E-state index is 12.5. The molecular weight excluding hydrogens is 641 g/mol. The number of phosphoric acid groups is 1. The number of esters is 2. The molecule has 0 aliphatic carbocycles. The summed E-state index contributed by atoms with van der Waals surface area (Å²) in [6, 6.07) is 0. The summed E-state index contributed by atoms with van der Waals surface area (Å²) in [6.45, 7) is 3.52. The monoisotopic (exact) mass is 709 g/mol. The second kappa shape index (κ2) is 35.5. The van der Waals surface area contributed by atoms with E-state index >= 15 is 0 Å². The van der Waals surface area contributed by atoms with Crippen molar-refractivity contribution in [1.29, 1.82) is 0 Å². The Hall–Kier alpha value is -2.29.